The number of rotatable bonds is 5. The second kappa shape index (κ2) is 8.91. The van der Waals surface area contributed by atoms with Crippen LogP contribution in [0.5, 0.6) is 17.4 Å². The van der Waals surface area contributed by atoms with Gasteiger partial charge >= 0.3 is 12.0 Å². The normalized spacial score (nSPS) is 13.0. The van der Waals surface area contributed by atoms with Gasteiger partial charge in [-0.3, -0.25) is 10.1 Å². The highest BCUT2D eigenvalue weighted by atomic mass is 16.6. The number of nitrogens with zero attached hydrogens (tertiary/aromatic N) is 1. The number of carbonyl (C=O) groups is 3. The van der Waals surface area contributed by atoms with E-state index in [2.05, 4.69) is 15.6 Å². The zero-order valence-corrected chi connectivity index (χ0v) is 15.8. The first kappa shape index (κ1) is 19.9. The van der Waals surface area contributed by atoms with Gasteiger partial charge in [0.1, 0.15) is 18.8 Å². The summed E-state index contributed by atoms with van der Waals surface area (Å²) in [7, 11) is 1.36. The third kappa shape index (κ3) is 4.92. The van der Waals surface area contributed by atoms with Gasteiger partial charge in [-0.1, -0.05) is 0 Å². The fourth-order valence-electron chi connectivity index (χ4n) is 2.48. The van der Waals surface area contributed by atoms with Gasteiger partial charge in [-0.2, -0.15) is 0 Å². The van der Waals surface area contributed by atoms with Crippen LogP contribution >= 0.6 is 0 Å². The van der Waals surface area contributed by atoms with Crippen molar-refractivity contribution in [2.75, 3.05) is 25.6 Å². The fraction of sp³-hybridized carbons (Fsp3) is 0.263. The molecule has 0 unspecified atom stereocenters. The van der Waals surface area contributed by atoms with E-state index in [9.17, 15) is 14.4 Å². The highest BCUT2D eigenvalue weighted by Gasteiger charge is 2.23. The molecule has 0 fully saturated rings. The van der Waals surface area contributed by atoms with Crippen molar-refractivity contribution >= 4 is 23.6 Å². The molecular weight excluding hydrogens is 382 g/mol. The van der Waals surface area contributed by atoms with E-state index in [0.29, 0.717) is 30.4 Å². The van der Waals surface area contributed by atoms with Crippen molar-refractivity contribution in [3.05, 3.63) is 42.1 Å². The molecule has 1 aliphatic rings. The van der Waals surface area contributed by atoms with Crippen molar-refractivity contribution in [3.8, 4) is 17.4 Å². The number of pyridine rings is 1. The van der Waals surface area contributed by atoms with Gasteiger partial charge in [-0.15, -0.1) is 0 Å². The number of amides is 3. The molecular formula is C19H19N3O7. The third-order valence-corrected chi connectivity index (χ3v) is 3.87. The topological polar surface area (TPSA) is 125 Å². The van der Waals surface area contributed by atoms with E-state index in [1.807, 2.05) is 0 Å². The van der Waals surface area contributed by atoms with Crippen LogP contribution in [0.2, 0.25) is 0 Å². The highest BCUT2D eigenvalue weighted by molar-refractivity contribution is 6.03. The van der Waals surface area contributed by atoms with Gasteiger partial charge in [0, 0.05) is 18.0 Å². The van der Waals surface area contributed by atoms with Crippen molar-refractivity contribution in [3.63, 3.8) is 0 Å². The molecule has 152 valence electrons. The molecule has 10 nitrogen and oxygen atoms in total. The van der Waals surface area contributed by atoms with Crippen LogP contribution in [0.1, 0.15) is 17.3 Å². The van der Waals surface area contributed by atoms with E-state index in [4.69, 9.17) is 18.9 Å². The first-order chi connectivity index (χ1) is 14.0. The summed E-state index contributed by atoms with van der Waals surface area (Å²) in [5.74, 6) is -0.458. The molecule has 1 aliphatic heterocycles. The largest absolute Gasteiger partial charge is 0.486 e. The number of benzene rings is 1. The molecule has 2 heterocycles. The maximum absolute atomic E-state index is 12.2. The standard InChI is InChI=1S/C19H19N3O7/c1-11(29-18(24)13-4-3-7-20-17(13)26-2)16(23)22-19(25)21-12-5-6-14-15(10-12)28-9-8-27-14/h3-7,10-11H,8-9H2,1-2H3,(H2,21,22,23,25)/t11-/m0/s1. The van der Waals surface area contributed by atoms with Crippen LogP contribution in [0.4, 0.5) is 10.5 Å². The number of urea groups is 1. The van der Waals surface area contributed by atoms with Gasteiger partial charge in [-0.05, 0) is 31.2 Å². The Morgan fingerprint density at radius 2 is 1.90 bits per heavy atom. The minimum Gasteiger partial charge on any atom is -0.486 e. The molecule has 0 aliphatic carbocycles. The Hall–Kier alpha value is -3.82. The summed E-state index contributed by atoms with van der Waals surface area (Å²) in [4.78, 5) is 40.3. The predicted molar refractivity (Wildman–Crippen MR) is 100 cm³/mol. The summed E-state index contributed by atoms with van der Waals surface area (Å²) in [6, 6.07) is 7.04. The van der Waals surface area contributed by atoms with E-state index in [0.717, 1.165) is 0 Å². The molecule has 0 bridgehead atoms. The number of anilines is 1. The number of nitrogens with one attached hydrogen (secondary N) is 2. The maximum atomic E-state index is 12.2. The number of hydrogen-bond acceptors (Lipinski definition) is 8. The average Bonchev–Trinajstić information content (AvgIpc) is 2.73. The van der Waals surface area contributed by atoms with Crippen molar-refractivity contribution in [2.45, 2.75) is 13.0 Å². The zero-order valence-electron chi connectivity index (χ0n) is 15.8. The molecule has 29 heavy (non-hydrogen) atoms. The van der Waals surface area contributed by atoms with Gasteiger partial charge in [-0.25, -0.2) is 14.6 Å². The Morgan fingerprint density at radius 1 is 1.14 bits per heavy atom. The van der Waals surface area contributed by atoms with Crippen LogP contribution in [0.3, 0.4) is 0 Å². The predicted octanol–water partition coefficient (Wildman–Crippen LogP) is 1.75. The summed E-state index contributed by atoms with van der Waals surface area (Å²) >= 11 is 0. The van der Waals surface area contributed by atoms with E-state index >= 15 is 0 Å². The van der Waals surface area contributed by atoms with Crippen molar-refractivity contribution in [1.82, 2.24) is 10.3 Å². The number of carbonyl (C=O) groups excluding carboxylic acids is 3. The van der Waals surface area contributed by atoms with Crippen LogP contribution in [0, 0.1) is 0 Å². The Balaban J connectivity index is 1.55. The van der Waals surface area contributed by atoms with Crippen LogP contribution in [0.25, 0.3) is 0 Å². The number of imide groups is 1. The average molecular weight is 401 g/mol. The lowest BCUT2D eigenvalue weighted by Crippen LogP contribution is -2.41. The van der Waals surface area contributed by atoms with E-state index in [1.165, 1.54) is 32.4 Å². The molecule has 1 aromatic carbocycles. The monoisotopic (exact) mass is 401 g/mol. The lowest BCUT2D eigenvalue weighted by molar-refractivity contribution is -0.127. The molecule has 1 aromatic heterocycles. The molecule has 2 N–H and O–H groups in total. The van der Waals surface area contributed by atoms with Gasteiger partial charge in [0.25, 0.3) is 5.91 Å². The van der Waals surface area contributed by atoms with Gasteiger partial charge < -0.3 is 24.3 Å². The maximum Gasteiger partial charge on any atom is 0.344 e. The number of aromatic nitrogens is 1. The Bertz CT molecular complexity index is 932. The molecule has 0 spiro atoms. The Labute approximate surface area is 166 Å². The molecule has 10 heteroatoms. The summed E-state index contributed by atoms with van der Waals surface area (Å²) in [5.41, 5.74) is 0.472. The molecule has 0 saturated carbocycles. The fourth-order valence-corrected chi connectivity index (χ4v) is 2.48. The van der Waals surface area contributed by atoms with Crippen molar-refractivity contribution < 1.29 is 33.3 Å². The SMILES string of the molecule is COc1ncccc1C(=O)O[C@@H](C)C(=O)NC(=O)Nc1ccc2c(c1)OCCO2. The van der Waals surface area contributed by atoms with Crippen LogP contribution in [-0.4, -0.2) is 49.3 Å². The third-order valence-electron chi connectivity index (χ3n) is 3.87. The molecule has 3 rings (SSSR count). The number of esters is 1. The van der Waals surface area contributed by atoms with E-state index in [-0.39, 0.29) is 11.4 Å². The molecule has 0 radical (unpaired) electrons. The van der Waals surface area contributed by atoms with Gasteiger partial charge in [0.15, 0.2) is 17.6 Å². The second-order valence-electron chi connectivity index (χ2n) is 5.91. The molecule has 2 aromatic rings. The smallest absolute Gasteiger partial charge is 0.344 e. The van der Waals surface area contributed by atoms with E-state index < -0.39 is 24.0 Å². The summed E-state index contributed by atoms with van der Waals surface area (Å²) in [6.07, 6.45) is 0.229. The van der Waals surface area contributed by atoms with Crippen molar-refractivity contribution in [2.24, 2.45) is 0 Å². The van der Waals surface area contributed by atoms with Crippen LogP contribution in [-0.2, 0) is 9.53 Å². The number of methoxy groups -OCH3 is 1. The second-order valence-corrected chi connectivity index (χ2v) is 5.91. The summed E-state index contributed by atoms with van der Waals surface area (Å²) < 4.78 is 20.9. The van der Waals surface area contributed by atoms with Gasteiger partial charge in [0.05, 0.1) is 7.11 Å². The summed E-state index contributed by atoms with van der Waals surface area (Å²) in [6.45, 7) is 2.20. The molecule has 1 atom stereocenters. The first-order valence-corrected chi connectivity index (χ1v) is 8.69. The number of hydrogen-bond donors (Lipinski definition) is 2. The van der Waals surface area contributed by atoms with E-state index in [1.54, 1.807) is 18.2 Å². The minimum absolute atomic E-state index is 0.0652. The summed E-state index contributed by atoms with van der Waals surface area (Å²) in [5, 5.41) is 4.61. The molecule has 3 amide bonds. The van der Waals surface area contributed by atoms with Crippen LogP contribution < -0.4 is 24.8 Å². The Morgan fingerprint density at radius 3 is 2.66 bits per heavy atom. The minimum atomic E-state index is -1.22. The quantitative estimate of drug-likeness (QED) is 0.726. The van der Waals surface area contributed by atoms with Crippen molar-refractivity contribution in [1.29, 1.82) is 0 Å². The highest BCUT2D eigenvalue weighted by Crippen LogP contribution is 2.32. The number of fused-ring (bicyclic) bond motifs is 1. The first-order valence-electron chi connectivity index (χ1n) is 8.69. The zero-order chi connectivity index (χ0) is 20.8. The lowest BCUT2D eigenvalue weighted by Gasteiger charge is -2.19. The lowest BCUT2D eigenvalue weighted by atomic mass is 10.2. The van der Waals surface area contributed by atoms with Crippen LogP contribution in [0.15, 0.2) is 36.5 Å². The Kier molecular flexibility index (Phi) is 6.12. The number of ether oxygens (including phenoxy) is 4. The van der Waals surface area contributed by atoms with Gasteiger partial charge in [0.2, 0.25) is 5.88 Å². The molecule has 0 saturated heterocycles.